The van der Waals surface area contributed by atoms with E-state index in [9.17, 15) is 9.59 Å². The summed E-state index contributed by atoms with van der Waals surface area (Å²) in [6, 6.07) is 9.12. The Balaban J connectivity index is 1.57. The van der Waals surface area contributed by atoms with Gasteiger partial charge in [-0.3, -0.25) is 4.79 Å². The van der Waals surface area contributed by atoms with E-state index in [4.69, 9.17) is 4.74 Å². The van der Waals surface area contributed by atoms with Crippen LogP contribution >= 0.6 is 0 Å². The zero-order chi connectivity index (χ0) is 16.0. The number of cyclic esters (lactones) is 1. The number of hydrogen-bond acceptors (Lipinski definition) is 3. The Morgan fingerprint density at radius 2 is 2.09 bits per heavy atom. The summed E-state index contributed by atoms with van der Waals surface area (Å²) in [5.41, 5.74) is -0.966. The van der Waals surface area contributed by atoms with E-state index in [2.05, 4.69) is 0 Å². The molecule has 2 aliphatic carbocycles. The van der Waals surface area contributed by atoms with Crippen molar-refractivity contribution in [2.45, 2.75) is 31.0 Å². The summed E-state index contributed by atoms with van der Waals surface area (Å²) < 4.78 is 20.3. The quantitative estimate of drug-likeness (QED) is 0.806. The number of carbonyl (C=O) groups excluding carboxylic acids is 2. The van der Waals surface area contributed by atoms with Crippen molar-refractivity contribution in [1.29, 1.82) is 0 Å². The second-order valence-corrected chi connectivity index (χ2v) is 6.65. The zero-order valence-corrected chi connectivity index (χ0v) is 12.7. The number of hydrogen-bond donors (Lipinski definition) is 0. The first kappa shape index (κ1) is 14.4. The molecule has 0 N–H and O–H groups in total. The smallest absolute Gasteiger partial charge is 0.417 e. The summed E-state index contributed by atoms with van der Waals surface area (Å²) in [7, 11) is 0. The van der Waals surface area contributed by atoms with E-state index in [1.807, 2.05) is 36.4 Å². The Kier molecular flexibility index (Phi) is 3.25. The van der Waals surface area contributed by atoms with Crippen LogP contribution in [0.2, 0.25) is 0 Å². The SMILES string of the molecule is O=C1OC[C@H](Cc2ccccc2)N1C(=O)[C@]1(F)C[C@H]2C=C[C@@H]1C2. The molecule has 1 aromatic rings. The first-order chi connectivity index (χ1) is 11.1. The second-order valence-electron chi connectivity index (χ2n) is 6.65. The molecule has 0 aromatic heterocycles. The van der Waals surface area contributed by atoms with Crippen molar-refractivity contribution in [3.63, 3.8) is 0 Å². The topological polar surface area (TPSA) is 46.6 Å². The highest BCUT2D eigenvalue weighted by Gasteiger charge is 2.58. The molecule has 5 heteroatoms. The van der Waals surface area contributed by atoms with E-state index in [1.165, 1.54) is 0 Å². The lowest BCUT2D eigenvalue weighted by atomic mass is 9.88. The Morgan fingerprint density at radius 3 is 2.74 bits per heavy atom. The van der Waals surface area contributed by atoms with E-state index in [-0.39, 0.29) is 18.9 Å². The maximum atomic E-state index is 15.3. The minimum absolute atomic E-state index is 0.111. The van der Waals surface area contributed by atoms with Crippen molar-refractivity contribution in [3.8, 4) is 0 Å². The predicted octanol–water partition coefficient (Wildman–Crippen LogP) is 2.88. The van der Waals surface area contributed by atoms with Gasteiger partial charge in [-0.2, -0.15) is 0 Å². The van der Waals surface area contributed by atoms with Crippen LogP contribution in [0.25, 0.3) is 0 Å². The number of alkyl halides is 1. The Labute approximate surface area is 133 Å². The lowest BCUT2D eigenvalue weighted by Crippen LogP contribution is -2.52. The maximum Gasteiger partial charge on any atom is 0.417 e. The van der Waals surface area contributed by atoms with Crippen molar-refractivity contribution in [3.05, 3.63) is 48.0 Å². The lowest BCUT2D eigenvalue weighted by Gasteiger charge is -2.30. The third-order valence-corrected chi connectivity index (χ3v) is 5.17. The predicted molar refractivity (Wildman–Crippen MR) is 81.3 cm³/mol. The van der Waals surface area contributed by atoms with Gasteiger partial charge in [0.2, 0.25) is 0 Å². The van der Waals surface area contributed by atoms with Gasteiger partial charge in [0, 0.05) is 5.92 Å². The molecule has 4 atom stereocenters. The van der Waals surface area contributed by atoms with E-state index in [0.717, 1.165) is 10.5 Å². The average Bonchev–Trinajstić information content (AvgIpc) is 3.23. The number of rotatable bonds is 3. The summed E-state index contributed by atoms with van der Waals surface area (Å²) in [6.45, 7) is 0.124. The highest BCUT2D eigenvalue weighted by atomic mass is 19.1. The third kappa shape index (κ3) is 2.26. The summed E-state index contributed by atoms with van der Waals surface area (Å²) >= 11 is 0. The van der Waals surface area contributed by atoms with Crippen molar-refractivity contribution >= 4 is 12.0 Å². The molecular weight excluding hydrogens is 297 g/mol. The molecule has 0 radical (unpaired) electrons. The van der Waals surface area contributed by atoms with Crippen LogP contribution in [0.4, 0.5) is 9.18 Å². The summed E-state index contributed by atoms with van der Waals surface area (Å²) in [5, 5.41) is 0. The largest absolute Gasteiger partial charge is 0.447 e. The fraction of sp³-hybridized carbons (Fsp3) is 0.444. The maximum absolute atomic E-state index is 15.3. The molecule has 3 aliphatic rings. The van der Waals surface area contributed by atoms with Gasteiger partial charge in [-0.15, -0.1) is 0 Å². The number of amides is 2. The van der Waals surface area contributed by atoms with Gasteiger partial charge in [-0.1, -0.05) is 42.5 Å². The molecule has 0 unspecified atom stereocenters. The van der Waals surface area contributed by atoms with Crippen LogP contribution in [-0.2, 0) is 16.0 Å². The van der Waals surface area contributed by atoms with E-state index in [1.54, 1.807) is 6.08 Å². The molecule has 1 aromatic carbocycles. The van der Waals surface area contributed by atoms with E-state index in [0.29, 0.717) is 12.8 Å². The first-order valence-electron chi connectivity index (χ1n) is 7.99. The number of carbonyl (C=O) groups is 2. The molecule has 4 rings (SSSR count). The zero-order valence-electron chi connectivity index (χ0n) is 12.7. The second kappa shape index (κ2) is 5.18. The van der Waals surface area contributed by atoms with Crippen molar-refractivity contribution < 1.29 is 18.7 Å². The highest BCUT2D eigenvalue weighted by Crippen LogP contribution is 2.50. The van der Waals surface area contributed by atoms with Crippen LogP contribution in [0.1, 0.15) is 18.4 Å². The molecule has 2 amide bonds. The van der Waals surface area contributed by atoms with Gasteiger partial charge < -0.3 is 4.74 Å². The Hall–Kier alpha value is -2.17. The number of halogens is 1. The van der Waals surface area contributed by atoms with Gasteiger partial charge >= 0.3 is 6.09 Å². The first-order valence-corrected chi connectivity index (χ1v) is 7.99. The standard InChI is InChI=1S/C18H18FNO3/c19-18(10-13-6-7-14(18)8-13)16(21)20-15(11-23-17(20)22)9-12-4-2-1-3-5-12/h1-7,13-15H,8-11H2/t13-,14+,15-,18-/m0/s1. The number of nitrogens with zero attached hydrogens (tertiary/aromatic N) is 1. The van der Waals surface area contributed by atoms with Crippen molar-refractivity contribution in [2.24, 2.45) is 11.8 Å². The summed E-state index contributed by atoms with van der Waals surface area (Å²) in [4.78, 5) is 25.8. The molecule has 1 saturated carbocycles. The van der Waals surface area contributed by atoms with E-state index < -0.39 is 29.6 Å². The molecule has 0 spiro atoms. The Bertz CT molecular complexity index is 674. The molecule has 2 bridgehead atoms. The average molecular weight is 315 g/mol. The molecule has 1 saturated heterocycles. The van der Waals surface area contributed by atoms with Gasteiger partial charge in [0.25, 0.3) is 5.91 Å². The minimum Gasteiger partial charge on any atom is -0.447 e. The molecule has 4 nitrogen and oxygen atoms in total. The van der Waals surface area contributed by atoms with Crippen LogP contribution in [-0.4, -0.2) is 35.2 Å². The van der Waals surface area contributed by atoms with Crippen LogP contribution in [0.15, 0.2) is 42.5 Å². The number of benzene rings is 1. The van der Waals surface area contributed by atoms with Gasteiger partial charge in [0.15, 0.2) is 5.67 Å². The Morgan fingerprint density at radius 1 is 1.30 bits per heavy atom. The normalized spacial score (nSPS) is 34.9. The number of imide groups is 1. The van der Waals surface area contributed by atoms with Gasteiger partial charge in [-0.25, -0.2) is 14.1 Å². The summed E-state index contributed by atoms with van der Waals surface area (Å²) in [5.74, 6) is -1.02. The number of fused-ring (bicyclic) bond motifs is 2. The van der Waals surface area contributed by atoms with Crippen molar-refractivity contribution in [2.75, 3.05) is 6.61 Å². The molecular formula is C18H18FNO3. The number of allylic oxidation sites excluding steroid dienone is 2. The molecule has 1 aliphatic heterocycles. The van der Waals surface area contributed by atoms with Gasteiger partial charge in [-0.05, 0) is 30.7 Å². The fourth-order valence-corrected chi connectivity index (χ4v) is 3.99. The minimum atomic E-state index is -1.96. The van der Waals surface area contributed by atoms with Crippen LogP contribution in [0.5, 0.6) is 0 Å². The van der Waals surface area contributed by atoms with Crippen LogP contribution in [0.3, 0.4) is 0 Å². The van der Waals surface area contributed by atoms with Gasteiger partial charge in [0.05, 0.1) is 6.04 Å². The van der Waals surface area contributed by atoms with Crippen LogP contribution in [0, 0.1) is 11.8 Å². The fourth-order valence-electron chi connectivity index (χ4n) is 3.99. The van der Waals surface area contributed by atoms with Crippen molar-refractivity contribution in [1.82, 2.24) is 4.90 Å². The summed E-state index contributed by atoms with van der Waals surface area (Å²) in [6.07, 6.45) is 4.35. The monoisotopic (exact) mass is 315 g/mol. The molecule has 120 valence electrons. The molecule has 1 heterocycles. The lowest BCUT2D eigenvalue weighted by molar-refractivity contribution is -0.143. The number of ether oxygens (including phenoxy) is 1. The third-order valence-electron chi connectivity index (χ3n) is 5.17. The van der Waals surface area contributed by atoms with E-state index >= 15 is 4.39 Å². The van der Waals surface area contributed by atoms with Gasteiger partial charge in [0.1, 0.15) is 6.61 Å². The highest BCUT2D eigenvalue weighted by molar-refractivity contribution is 5.99. The van der Waals surface area contributed by atoms with Crippen LogP contribution < -0.4 is 0 Å². The molecule has 2 fully saturated rings. The molecule has 23 heavy (non-hydrogen) atoms.